The molecular weight excluding hydrogens is 287 g/mol. The van der Waals surface area contributed by atoms with Gasteiger partial charge in [-0.15, -0.1) is 18.6 Å². The van der Waals surface area contributed by atoms with Crippen molar-refractivity contribution in [3.05, 3.63) is 36.0 Å². The van der Waals surface area contributed by atoms with Crippen molar-refractivity contribution in [3.8, 4) is 0 Å². The fourth-order valence-electron chi connectivity index (χ4n) is 0.783. The minimum absolute atomic E-state index is 0. The molecule has 0 N–H and O–H groups in total. The summed E-state index contributed by atoms with van der Waals surface area (Å²) in [6.07, 6.45) is 13.7. The van der Waals surface area contributed by atoms with E-state index in [0.717, 1.165) is 12.8 Å². The largest absolute Gasteiger partial charge is 0.272 e. The minimum Gasteiger partial charge on any atom is -0.272 e. The van der Waals surface area contributed by atoms with Gasteiger partial charge < -0.3 is 0 Å². The smallest absolute Gasteiger partial charge is 0 e. The Bertz CT molecular complexity index is 164. The molecule has 0 saturated heterocycles. The summed E-state index contributed by atoms with van der Waals surface area (Å²) >= 11 is 0. The van der Waals surface area contributed by atoms with Crippen molar-refractivity contribution in [3.63, 3.8) is 0 Å². The average molecular weight is 298 g/mol. The maximum atomic E-state index is 3.11. The van der Waals surface area contributed by atoms with Crippen molar-refractivity contribution in [2.75, 3.05) is 0 Å². The van der Waals surface area contributed by atoms with Gasteiger partial charge in [0.2, 0.25) is 0 Å². The van der Waals surface area contributed by atoms with Crippen LogP contribution in [0.1, 0.15) is 19.8 Å². The first kappa shape index (κ1) is 10.1. The monoisotopic (exact) mass is 299 g/mol. The molecule has 0 aromatic heterocycles. The van der Waals surface area contributed by atoms with Crippen molar-refractivity contribution in [1.82, 2.24) is 0 Å². The molecular formula is C9H11Hf-. The molecule has 0 aromatic carbocycles. The van der Waals surface area contributed by atoms with E-state index >= 15 is 0 Å². The van der Waals surface area contributed by atoms with Crippen LogP contribution in [0.3, 0.4) is 0 Å². The molecule has 0 spiro atoms. The molecule has 1 aliphatic rings. The maximum Gasteiger partial charge on any atom is 0 e. The molecule has 1 aliphatic carbocycles. The molecule has 0 aliphatic heterocycles. The molecule has 1 heteroatoms. The van der Waals surface area contributed by atoms with Gasteiger partial charge in [0, 0.05) is 25.8 Å². The summed E-state index contributed by atoms with van der Waals surface area (Å²) in [5.74, 6) is 0. The van der Waals surface area contributed by atoms with Gasteiger partial charge in [0.1, 0.15) is 0 Å². The van der Waals surface area contributed by atoms with E-state index in [9.17, 15) is 0 Å². The van der Waals surface area contributed by atoms with Crippen molar-refractivity contribution < 1.29 is 25.8 Å². The van der Waals surface area contributed by atoms with Crippen LogP contribution in [-0.2, 0) is 25.8 Å². The van der Waals surface area contributed by atoms with Crippen molar-refractivity contribution in [2.45, 2.75) is 19.8 Å². The average Bonchev–Trinajstić information content (AvgIpc) is 2.34. The van der Waals surface area contributed by atoms with Crippen LogP contribution in [-0.4, -0.2) is 0 Å². The summed E-state index contributed by atoms with van der Waals surface area (Å²) in [5.41, 5.74) is 1.30. The quantitative estimate of drug-likeness (QED) is 0.543. The van der Waals surface area contributed by atoms with E-state index in [1.54, 1.807) is 0 Å². The normalized spacial score (nSPS) is 15.5. The van der Waals surface area contributed by atoms with E-state index in [-0.39, 0.29) is 25.8 Å². The van der Waals surface area contributed by atoms with Crippen LogP contribution in [0.4, 0.5) is 0 Å². The van der Waals surface area contributed by atoms with Gasteiger partial charge in [0.25, 0.3) is 0 Å². The van der Waals surface area contributed by atoms with Gasteiger partial charge in [0.15, 0.2) is 0 Å². The van der Waals surface area contributed by atoms with E-state index in [4.69, 9.17) is 0 Å². The first-order valence-corrected chi connectivity index (χ1v) is 3.37. The van der Waals surface area contributed by atoms with Gasteiger partial charge in [-0.25, -0.2) is 6.08 Å². The van der Waals surface area contributed by atoms with E-state index in [2.05, 4.69) is 31.2 Å². The molecule has 10 heavy (non-hydrogen) atoms. The van der Waals surface area contributed by atoms with Crippen LogP contribution in [0, 0.1) is 6.08 Å². The van der Waals surface area contributed by atoms with Crippen molar-refractivity contribution in [2.24, 2.45) is 0 Å². The molecule has 0 amide bonds. The van der Waals surface area contributed by atoms with Gasteiger partial charge in [-0.1, -0.05) is 6.92 Å². The second-order valence-electron chi connectivity index (χ2n) is 2.07. The topological polar surface area (TPSA) is 0 Å². The third-order valence-electron chi connectivity index (χ3n) is 1.27. The minimum atomic E-state index is 0. The zero-order chi connectivity index (χ0) is 6.53. The SMILES string of the molecule is CCC=CC1=CC[C-]=C1.[Hf]. The first-order valence-electron chi connectivity index (χ1n) is 3.37. The van der Waals surface area contributed by atoms with Crippen molar-refractivity contribution in [1.29, 1.82) is 0 Å². The summed E-state index contributed by atoms with van der Waals surface area (Å²) in [5, 5.41) is 0. The fourth-order valence-corrected chi connectivity index (χ4v) is 0.783. The van der Waals surface area contributed by atoms with Gasteiger partial charge in [0.05, 0.1) is 0 Å². The predicted octanol–water partition coefficient (Wildman–Crippen LogP) is 2.64. The Kier molecular flexibility index (Phi) is 5.90. The fraction of sp³-hybridized carbons (Fsp3) is 0.333. The van der Waals surface area contributed by atoms with E-state index < -0.39 is 0 Å². The second kappa shape index (κ2) is 5.84. The van der Waals surface area contributed by atoms with Gasteiger partial charge in [-0.3, -0.25) is 6.08 Å². The molecule has 0 atom stereocenters. The summed E-state index contributed by atoms with van der Waals surface area (Å²) in [6.45, 7) is 2.14. The van der Waals surface area contributed by atoms with Crippen LogP contribution in [0.5, 0.6) is 0 Å². The van der Waals surface area contributed by atoms with E-state index in [1.807, 2.05) is 6.08 Å². The Labute approximate surface area is 81.5 Å². The number of hydrogen-bond acceptors (Lipinski definition) is 0. The molecule has 0 fully saturated rings. The van der Waals surface area contributed by atoms with E-state index in [1.165, 1.54) is 5.57 Å². The molecule has 0 saturated carbocycles. The standard InChI is InChI=1S/C9H11.Hf/c1-2-3-6-9-7-4-5-8-9;/h3,6-8H,2,4H2,1H3;/q-1;. The molecule has 0 bridgehead atoms. The van der Waals surface area contributed by atoms with E-state index in [0.29, 0.717) is 0 Å². The van der Waals surface area contributed by atoms with Crippen LogP contribution in [0.25, 0.3) is 0 Å². The van der Waals surface area contributed by atoms with Crippen LogP contribution < -0.4 is 0 Å². The Morgan fingerprint density at radius 2 is 2.50 bits per heavy atom. The van der Waals surface area contributed by atoms with Gasteiger partial charge in [-0.05, 0) is 6.42 Å². The third kappa shape index (κ3) is 3.31. The molecule has 52 valence electrons. The molecule has 0 heterocycles. The predicted molar refractivity (Wildman–Crippen MR) is 39.9 cm³/mol. The maximum absolute atomic E-state index is 3.11. The number of rotatable bonds is 2. The summed E-state index contributed by atoms with van der Waals surface area (Å²) in [7, 11) is 0. The third-order valence-corrected chi connectivity index (χ3v) is 1.27. The van der Waals surface area contributed by atoms with Crippen LogP contribution >= 0.6 is 0 Å². The Balaban J connectivity index is 0.000000810. The molecule has 0 nitrogen and oxygen atoms in total. The van der Waals surface area contributed by atoms with Crippen molar-refractivity contribution >= 4 is 0 Å². The molecule has 0 unspecified atom stereocenters. The number of allylic oxidation sites excluding steroid dienone is 6. The Morgan fingerprint density at radius 1 is 1.70 bits per heavy atom. The summed E-state index contributed by atoms with van der Waals surface area (Å²) in [6, 6.07) is 0. The second-order valence-corrected chi connectivity index (χ2v) is 2.07. The summed E-state index contributed by atoms with van der Waals surface area (Å²) in [4.78, 5) is 0. The molecule has 0 radical (unpaired) electrons. The Hall–Kier alpha value is 0.0901. The van der Waals surface area contributed by atoms with Gasteiger partial charge >= 0.3 is 0 Å². The summed E-state index contributed by atoms with van der Waals surface area (Å²) < 4.78 is 0. The number of hydrogen-bond donors (Lipinski definition) is 0. The molecule has 0 aromatic rings. The Morgan fingerprint density at radius 3 is 3.00 bits per heavy atom. The molecule has 1 rings (SSSR count). The van der Waals surface area contributed by atoms with Gasteiger partial charge in [-0.2, -0.15) is 11.6 Å². The first-order chi connectivity index (χ1) is 4.43. The van der Waals surface area contributed by atoms with Crippen LogP contribution in [0.15, 0.2) is 29.9 Å². The zero-order valence-electron chi connectivity index (χ0n) is 6.22. The zero-order valence-corrected chi connectivity index (χ0v) is 9.82. The van der Waals surface area contributed by atoms with Crippen LogP contribution in [0.2, 0.25) is 0 Å².